The molecule has 1 aromatic carbocycles. The van der Waals surface area contributed by atoms with Gasteiger partial charge in [0.15, 0.2) is 17.5 Å². The summed E-state index contributed by atoms with van der Waals surface area (Å²) in [7, 11) is 1.79. The third-order valence-corrected chi connectivity index (χ3v) is 2.83. The highest BCUT2D eigenvalue weighted by Crippen LogP contribution is 2.20. The van der Waals surface area contributed by atoms with Gasteiger partial charge < -0.3 is 5.32 Å². The lowest BCUT2D eigenvalue weighted by atomic mass is 10.2. The maximum Gasteiger partial charge on any atom is 0.196 e. The maximum atomic E-state index is 13.5. The Labute approximate surface area is 109 Å². The second kappa shape index (κ2) is 5.34. The van der Waals surface area contributed by atoms with Crippen molar-refractivity contribution in [3.05, 3.63) is 47.0 Å². The van der Waals surface area contributed by atoms with Gasteiger partial charge in [-0.25, -0.2) is 13.2 Å². The minimum Gasteiger partial charge on any atom is -0.378 e. The van der Waals surface area contributed by atoms with Gasteiger partial charge >= 0.3 is 0 Å². The Morgan fingerprint density at radius 2 is 1.95 bits per heavy atom. The molecule has 0 amide bonds. The van der Waals surface area contributed by atoms with Crippen molar-refractivity contribution in [1.82, 2.24) is 9.78 Å². The maximum absolute atomic E-state index is 13.5. The second-order valence-electron chi connectivity index (χ2n) is 4.20. The van der Waals surface area contributed by atoms with Crippen LogP contribution in [0.25, 0.3) is 0 Å². The quantitative estimate of drug-likeness (QED) is 0.865. The number of nitrogens with zero attached hydrogens (tertiary/aromatic N) is 2. The molecule has 0 saturated heterocycles. The van der Waals surface area contributed by atoms with Crippen molar-refractivity contribution in [1.29, 1.82) is 0 Å². The van der Waals surface area contributed by atoms with Gasteiger partial charge in [0.1, 0.15) is 0 Å². The molecule has 1 heterocycles. The summed E-state index contributed by atoms with van der Waals surface area (Å²) in [6, 6.07) is 2.07. The first-order chi connectivity index (χ1) is 9.02. The smallest absolute Gasteiger partial charge is 0.196 e. The molecule has 0 aliphatic rings. The van der Waals surface area contributed by atoms with Crippen LogP contribution in [0.5, 0.6) is 0 Å². The van der Waals surface area contributed by atoms with E-state index in [-0.39, 0.29) is 5.69 Å². The summed E-state index contributed by atoms with van der Waals surface area (Å²) in [6.07, 6.45) is 2.56. The highest BCUT2D eigenvalue weighted by Gasteiger charge is 2.13. The number of halogens is 3. The number of benzene rings is 1. The fraction of sp³-hybridized carbons (Fsp3) is 0.308. The SMILES string of the molecule is CCc1nn(C)cc1CNc1ccc(F)c(F)c1F. The van der Waals surface area contributed by atoms with E-state index in [0.29, 0.717) is 6.54 Å². The molecule has 2 rings (SSSR count). The Morgan fingerprint density at radius 1 is 1.21 bits per heavy atom. The molecule has 1 aromatic heterocycles. The van der Waals surface area contributed by atoms with E-state index in [0.717, 1.165) is 23.7 Å². The van der Waals surface area contributed by atoms with Crippen molar-refractivity contribution in [3.63, 3.8) is 0 Å². The summed E-state index contributed by atoms with van der Waals surface area (Å²) in [5.41, 5.74) is 1.72. The molecule has 2 aromatic rings. The fourth-order valence-corrected chi connectivity index (χ4v) is 1.88. The Bertz CT molecular complexity index is 593. The number of nitrogens with one attached hydrogen (secondary N) is 1. The molecule has 0 bridgehead atoms. The van der Waals surface area contributed by atoms with Crippen molar-refractivity contribution >= 4 is 5.69 Å². The van der Waals surface area contributed by atoms with Crippen LogP contribution in [-0.4, -0.2) is 9.78 Å². The Hall–Kier alpha value is -1.98. The number of anilines is 1. The van der Waals surface area contributed by atoms with Crippen LogP contribution in [0.2, 0.25) is 0 Å². The third-order valence-electron chi connectivity index (χ3n) is 2.83. The summed E-state index contributed by atoms with van der Waals surface area (Å²) in [6.45, 7) is 2.27. The van der Waals surface area contributed by atoms with E-state index in [1.165, 1.54) is 6.07 Å². The average Bonchev–Trinajstić information content (AvgIpc) is 2.75. The topological polar surface area (TPSA) is 29.9 Å². The molecule has 0 fully saturated rings. The summed E-state index contributed by atoms with van der Waals surface area (Å²) in [4.78, 5) is 0. The lowest BCUT2D eigenvalue weighted by Crippen LogP contribution is -2.05. The van der Waals surface area contributed by atoms with Crippen molar-refractivity contribution in [3.8, 4) is 0 Å². The van der Waals surface area contributed by atoms with Gasteiger partial charge in [0.05, 0.1) is 11.4 Å². The van der Waals surface area contributed by atoms with Crippen molar-refractivity contribution < 1.29 is 13.2 Å². The van der Waals surface area contributed by atoms with Crippen LogP contribution < -0.4 is 5.32 Å². The van der Waals surface area contributed by atoms with Crippen molar-refractivity contribution in [2.24, 2.45) is 7.05 Å². The summed E-state index contributed by atoms with van der Waals surface area (Å²) in [5.74, 6) is -3.87. The minimum atomic E-state index is -1.47. The Balaban J connectivity index is 2.17. The Morgan fingerprint density at radius 3 is 2.63 bits per heavy atom. The molecule has 102 valence electrons. The fourth-order valence-electron chi connectivity index (χ4n) is 1.88. The molecule has 0 unspecified atom stereocenters. The van der Waals surface area contributed by atoms with Crippen LogP contribution in [0.1, 0.15) is 18.2 Å². The van der Waals surface area contributed by atoms with Crippen molar-refractivity contribution in [2.45, 2.75) is 19.9 Å². The van der Waals surface area contributed by atoms with Gasteiger partial charge in [0, 0.05) is 25.4 Å². The summed E-state index contributed by atoms with van der Waals surface area (Å²) >= 11 is 0. The van der Waals surface area contributed by atoms with E-state index in [2.05, 4.69) is 10.4 Å². The van der Waals surface area contributed by atoms with E-state index in [1.54, 1.807) is 11.7 Å². The molecule has 0 saturated carbocycles. The lowest BCUT2D eigenvalue weighted by molar-refractivity contribution is 0.449. The van der Waals surface area contributed by atoms with E-state index in [4.69, 9.17) is 0 Å². The molecule has 3 nitrogen and oxygen atoms in total. The molecule has 19 heavy (non-hydrogen) atoms. The highest BCUT2D eigenvalue weighted by atomic mass is 19.2. The van der Waals surface area contributed by atoms with Gasteiger partial charge in [-0.2, -0.15) is 5.10 Å². The molecule has 0 aliphatic heterocycles. The van der Waals surface area contributed by atoms with Gasteiger partial charge in [-0.3, -0.25) is 4.68 Å². The number of aromatic nitrogens is 2. The molecule has 0 aliphatic carbocycles. The van der Waals surface area contributed by atoms with E-state index >= 15 is 0 Å². The molecular formula is C13H14F3N3. The largest absolute Gasteiger partial charge is 0.378 e. The van der Waals surface area contributed by atoms with Crippen LogP contribution in [0, 0.1) is 17.5 Å². The first kappa shape index (κ1) is 13.5. The monoisotopic (exact) mass is 269 g/mol. The van der Waals surface area contributed by atoms with Crippen LogP contribution in [-0.2, 0) is 20.0 Å². The van der Waals surface area contributed by atoms with Gasteiger partial charge in [-0.15, -0.1) is 0 Å². The van der Waals surface area contributed by atoms with Crippen LogP contribution in [0.4, 0.5) is 18.9 Å². The predicted molar refractivity (Wildman–Crippen MR) is 66.2 cm³/mol. The zero-order chi connectivity index (χ0) is 14.0. The molecular weight excluding hydrogens is 255 g/mol. The number of aryl methyl sites for hydroxylation is 2. The van der Waals surface area contributed by atoms with Crippen molar-refractivity contribution in [2.75, 3.05) is 5.32 Å². The molecule has 0 radical (unpaired) electrons. The highest BCUT2D eigenvalue weighted by molar-refractivity contribution is 5.46. The van der Waals surface area contributed by atoms with Crippen LogP contribution in [0.3, 0.4) is 0 Å². The van der Waals surface area contributed by atoms with Gasteiger partial charge in [-0.05, 0) is 18.6 Å². The molecule has 1 N–H and O–H groups in total. The molecule has 0 spiro atoms. The third kappa shape index (κ3) is 2.72. The van der Waals surface area contributed by atoms with Gasteiger partial charge in [0.2, 0.25) is 0 Å². The predicted octanol–water partition coefficient (Wildman–Crippen LogP) is 3.01. The van der Waals surface area contributed by atoms with E-state index < -0.39 is 17.5 Å². The van der Waals surface area contributed by atoms with Crippen LogP contribution >= 0.6 is 0 Å². The van der Waals surface area contributed by atoms with E-state index in [9.17, 15) is 13.2 Å². The zero-order valence-electron chi connectivity index (χ0n) is 10.7. The lowest BCUT2D eigenvalue weighted by Gasteiger charge is -2.08. The second-order valence-corrected chi connectivity index (χ2v) is 4.20. The molecule has 6 heteroatoms. The van der Waals surface area contributed by atoms with Gasteiger partial charge in [0.25, 0.3) is 0 Å². The first-order valence-electron chi connectivity index (χ1n) is 5.91. The minimum absolute atomic E-state index is 0.0650. The number of hydrogen-bond donors (Lipinski definition) is 1. The normalized spacial score (nSPS) is 10.8. The summed E-state index contributed by atoms with van der Waals surface area (Å²) in [5, 5.41) is 6.99. The summed E-state index contributed by atoms with van der Waals surface area (Å²) < 4.78 is 41.0. The van der Waals surface area contributed by atoms with Crippen LogP contribution in [0.15, 0.2) is 18.3 Å². The number of rotatable bonds is 4. The zero-order valence-corrected chi connectivity index (χ0v) is 10.7. The number of hydrogen-bond acceptors (Lipinski definition) is 2. The first-order valence-corrected chi connectivity index (χ1v) is 5.91. The standard InChI is InChI=1S/C13H14F3N3/c1-3-10-8(7-19(2)18-10)6-17-11-5-4-9(14)12(15)13(11)16/h4-5,7,17H,3,6H2,1-2H3. The Kier molecular flexibility index (Phi) is 3.78. The van der Waals surface area contributed by atoms with E-state index in [1.807, 2.05) is 13.1 Å². The van der Waals surface area contributed by atoms with Gasteiger partial charge in [-0.1, -0.05) is 6.92 Å². The molecule has 0 atom stereocenters. The average molecular weight is 269 g/mol.